The molecule has 7 heteroatoms. The van der Waals surface area contributed by atoms with E-state index in [0.717, 1.165) is 32.2 Å². The lowest BCUT2D eigenvalue weighted by Crippen LogP contribution is -2.12. The van der Waals surface area contributed by atoms with Crippen molar-refractivity contribution in [1.82, 2.24) is 10.2 Å². The number of rotatable bonds is 4. The van der Waals surface area contributed by atoms with E-state index >= 15 is 0 Å². The third-order valence-electron chi connectivity index (χ3n) is 2.72. The first-order chi connectivity index (χ1) is 9.22. The number of thioether (sulfide) groups is 1. The highest BCUT2D eigenvalue weighted by Crippen LogP contribution is 2.35. The first-order valence-electron chi connectivity index (χ1n) is 5.80. The molecular formula is C12H13N3O2S2. The van der Waals surface area contributed by atoms with Gasteiger partial charge in [0.25, 0.3) is 0 Å². The molecule has 1 aliphatic rings. The van der Waals surface area contributed by atoms with Gasteiger partial charge in [0.1, 0.15) is 5.01 Å². The fourth-order valence-electron chi connectivity index (χ4n) is 1.74. The minimum absolute atomic E-state index is 0.0660. The van der Waals surface area contributed by atoms with Gasteiger partial charge in [0.15, 0.2) is 15.8 Å². The van der Waals surface area contributed by atoms with Crippen LogP contribution >= 0.6 is 23.1 Å². The highest BCUT2D eigenvalue weighted by atomic mass is 32.2. The Morgan fingerprint density at radius 2 is 2.21 bits per heavy atom. The van der Waals surface area contributed by atoms with Gasteiger partial charge in [-0.1, -0.05) is 29.2 Å². The van der Waals surface area contributed by atoms with Crippen molar-refractivity contribution in [2.24, 2.45) is 5.73 Å². The molecule has 1 unspecified atom stereocenters. The number of benzene rings is 1. The van der Waals surface area contributed by atoms with Crippen LogP contribution in [0, 0.1) is 6.92 Å². The maximum atomic E-state index is 6.18. The van der Waals surface area contributed by atoms with E-state index in [2.05, 4.69) is 10.2 Å². The van der Waals surface area contributed by atoms with Gasteiger partial charge in [-0.15, -0.1) is 10.2 Å². The number of aromatic nitrogens is 2. The van der Waals surface area contributed by atoms with Crippen LogP contribution in [0.3, 0.4) is 0 Å². The van der Waals surface area contributed by atoms with Crippen molar-refractivity contribution in [3.05, 3.63) is 28.8 Å². The minimum atomic E-state index is -0.0660. The van der Waals surface area contributed by atoms with Gasteiger partial charge in [0.2, 0.25) is 6.79 Å². The van der Waals surface area contributed by atoms with Crippen LogP contribution in [0.4, 0.5) is 0 Å². The van der Waals surface area contributed by atoms with Crippen LogP contribution in [0.1, 0.15) is 16.6 Å². The van der Waals surface area contributed by atoms with E-state index in [9.17, 15) is 0 Å². The van der Waals surface area contributed by atoms with Crippen molar-refractivity contribution in [3.8, 4) is 11.5 Å². The standard InChI is InChI=1S/C12H13N3O2S2/c1-7-14-15-12(19-7)18-5-9(13)8-2-3-10-11(4-8)17-6-16-10/h2-4,9H,5-6,13H2,1H3. The van der Waals surface area contributed by atoms with Crippen LogP contribution < -0.4 is 15.2 Å². The molecule has 0 saturated heterocycles. The molecule has 100 valence electrons. The molecule has 0 amide bonds. The zero-order chi connectivity index (χ0) is 13.2. The zero-order valence-corrected chi connectivity index (χ0v) is 12.0. The lowest BCUT2D eigenvalue weighted by atomic mass is 10.1. The number of nitrogens with two attached hydrogens (primary N) is 1. The summed E-state index contributed by atoms with van der Waals surface area (Å²) >= 11 is 3.21. The van der Waals surface area contributed by atoms with Crippen LogP contribution in [0.2, 0.25) is 0 Å². The molecule has 2 N–H and O–H groups in total. The lowest BCUT2D eigenvalue weighted by molar-refractivity contribution is 0.174. The van der Waals surface area contributed by atoms with Gasteiger partial charge in [-0.2, -0.15) is 0 Å². The molecule has 19 heavy (non-hydrogen) atoms. The Labute approximate surface area is 119 Å². The van der Waals surface area contributed by atoms with Crippen LogP contribution in [0.15, 0.2) is 22.5 Å². The number of fused-ring (bicyclic) bond motifs is 1. The fraction of sp³-hybridized carbons (Fsp3) is 0.333. The summed E-state index contributed by atoms with van der Waals surface area (Å²) in [7, 11) is 0. The Kier molecular flexibility index (Phi) is 3.58. The molecule has 0 saturated carbocycles. The summed E-state index contributed by atoms with van der Waals surface area (Å²) in [6.07, 6.45) is 0. The van der Waals surface area contributed by atoms with Crippen molar-refractivity contribution in [2.75, 3.05) is 12.5 Å². The van der Waals surface area contributed by atoms with E-state index in [0.29, 0.717) is 0 Å². The van der Waals surface area contributed by atoms with E-state index in [1.54, 1.807) is 23.1 Å². The molecule has 1 aromatic heterocycles. The molecule has 2 aromatic rings. The largest absolute Gasteiger partial charge is 0.454 e. The monoisotopic (exact) mass is 295 g/mol. The first kappa shape index (κ1) is 12.7. The topological polar surface area (TPSA) is 70.3 Å². The number of hydrogen-bond donors (Lipinski definition) is 1. The second kappa shape index (κ2) is 5.36. The molecule has 2 heterocycles. The second-order valence-corrected chi connectivity index (χ2v) is 6.57. The van der Waals surface area contributed by atoms with Crippen LogP contribution in [0.5, 0.6) is 11.5 Å². The molecule has 0 fully saturated rings. The Bertz CT molecular complexity index is 588. The highest BCUT2D eigenvalue weighted by Gasteiger charge is 2.16. The van der Waals surface area contributed by atoms with Crippen molar-refractivity contribution in [1.29, 1.82) is 0 Å². The molecule has 5 nitrogen and oxygen atoms in total. The summed E-state index contributed by atoms with van der Waals surface area (Å²) in [6.45, 7) is 2.23. The Morgan fingerprint density at radius 1 is 1.37 bits per heavy atom. The summed E-state index contributed by atoms with van der Waals surface area (Å²) in [5.41, 5.74) is 7.22. The van der Waals surface area contributed by atoms with Gasteiger partial charge in [-0.25, -0.2) is 0 Å². The van der Waals surface area contributed by atoms with Crippen molar-refractivity contribution in [2.45, 2.75) is 17.3 Å². The van der Waals surface area contributed by atoms with E-state index in [-0.39, 0.29) is 12.8 Å². The number of ether oxygens (including phenoxy) is 2. The van der Waals surface area contributed by atoms with Crippen molar-refractivity contribution >= 4 is 23.1 Å². The zero-order valence-electron chi connectivity index (χ0n) is 10.3. The number of hydrogen-bond acceptors (Lipinski definition) is 7. The molecule has 3 rings (SSSR count). The van der Waals surface area contributed by atoms with E-state index in [4.69, 9.17) is 15.2 Å². The molecule has 0 bridgehead atoms. The average Bonchev–Trinajstić information content (AvgIpc) is 3.03. The summed E-state index contributed by atoms with van der Waals surface area (Å²) in [4.78, 5) is 0. The Morgan fingerprint density at radius 3 is 3.00 bits per heavy atom. The maximum Gasteiger partial charge on any atom is 0.231 e. The van der Waals surface area contributed by atoms with Gasteiger partial charge < -0.3 is 15.2 Å². The SMILES string of the molecule is Cc1nnc(SCC(N)c2ccc3c(c2)OCO3)s1. The molecule has 1 atom stereocenters. The van der Waals surface area contributed by atoms with Gasteiger partial charge >= 0.3 is 0 Å². The Balaban J connectivity index is 1.65. The van der Waals surface area contributed by atoms with Gasteiger partial charge in [0.05, 0.1) is 0 Å². The quantitative estimate of drug-likeness (QED) is 0.873. The highest BCUT2D eigenvalue weighted by molar-refractivity contribution is 8.01. The van der Waals surface area contributed by atoms with Crippen LogP contribution in [0.25, 0.3) is 0 Å². The predicted molar refractivity (Wildman–Crippen MR) is 74.9 cm³/mol. The van der Waals surface area contributed by atoms with E-state index < -0.39 is 0 Å². The predicted octanol–water partition coefficient (Wildman–Crippen LogP) is 2.37. The first-order valence-corrected chi connectivity index (χ1v) is 7.60. The van der Waals surface area contributed by atoms with Crippen molar-refractivity contribution in [3.63, 3.8) is 0 Å². The summed E-state index contributed by atoms with van der Waals surface area (Å²) in [5.74, 6) is 2.31. The fourth-order valence-corrected chi connectivity index (χ4v) is 3.57. The smallest absolute Gasteiger partial charge is 0.231 e. The molecule has 1 aromatic carbocycles. The normalized spacial score (nSPS) is 14.6. The third kappa shape index (κ3) is 2.83. The molecule has 0 radical (unpaired) electrons. The molecule has 0 aliphatic carbocycles. The number of aryl methyl sites for hydroxylation is 1. The lowest BCUT2D eigenvalue weighted by Gasteiger charge is -2.11. The summed E-state index contributed by atoms with van der Waals surface area (Å²) in [6, 6.07) is 5.75. The molecular weight excluding hydrogens is 282 g/mol. The average molecular weight is 295 g/mol. The van der Waals surface area contributed by atoms with Crippen LogP contribution in [-0.2, 0) is 0 Å². The van der Waals surface area contributed by atoms with Crippen LogP contribution in [-0.4, -0.2) is 22.7 Å². The number of nitrogens with zero attached hydrogens (tertiary/aromatic N) is 2. The van der Waals surface area contributed by atoms with Gasteiger partial charge in [-0.3, -0.25) is 0 Å². The third-order valence-corrected chi connectivity index (χ3v) is 4.81. The van der Waals surface area contributed by atoms with Gasteiger partial charge in [-0.05, 0) is 24.6 Å². The molecule has 0 spiro atoms. The Hall–Kier alpha value is -1.31. The van der Waals surface area contributed by atoms with Crippen molar-refractivity contribution < 1.29 is 9.47 Å². The van der Waals surface area contributed by atoms with Gasteiger partial charge in [0, 0.05) is 11.8 Å². The maximum absolute atomic E-state index is 6.18. The summed E-state index contributed by atoms with van der Waals surface area (Å²) < 4.78 is 11.6. The van der Waals surface area contributed by atoms with E-state index in [1.807, 2.05) is 25.1 Å². The minimum Gasteiger partial charge on any atom is -0.454 e. The second-order valence-electron chi connectivity index (χ2n) is 4.12. The van der Waals surface area contributed by atoms with E-state index in [1.165, 1.54) is 0 Å². The summed E-state index contributed by atoms with van der Waals surface area (Å²) in [5, 5.41) is 9.03. The molecule has 1 aliphatic heterocycles.